The number of hydrogen-bond donors (Lipinski definition) is 1. The summed E-state index contributed by atoms with van der Waals surface area (Å²) in [6.07, 6.45) is 0.252. The van der Waals surface area contributed by atoms with Crippen LogP contribution in [0.1, 0.15) is 13.3 Å². The highest BCUT2D eigenvalue weighted by Gasteiger charge is 2.32. The highest BCUT2D eigenvalue weighted by molar-refractivity contribution is 5.74. The molecule has 4 heteroatoms. The molecule has 4 nitrogen and oxygen atoms in total. The molecule has 1 rings (SSSR count). The molecule has 0 aromatic rings. The van der Waals surface area contributed by atoms with Crippen LogP contribution in [-0.2, 0) is 9.53 Å². The molecule has 1 aliphatic heterocycles. The fourth-order valence-electron chi connectivity index (χ4n) is 1.63. The van der Waals surface area contributed by atoms with Crippen molar-refractivity contribution >= 4 is 5.91 Å². The molecule has 2 unspecified atom stereocenters. The molecule has 0 bridgehead atoms. The Morgan fingerprint density at radius 2 is 2.42 bits per heavy atom. The van der Waals surface area contributed by atoms with Gasteiger partial charge in [-0.3, -0.25) is 4.79 Å². The number of carbonyl (C=O) groups is 1. The largest absolute Gasteiger partial charge is 0.391 e. The van der Waals surface area contributed by atoms with Crippen LogP contribution >= 0.6 is 0 Å². The van der Waals surface area contributed by atoms with Crippen molar-refractivity contribution in [3.05, 3.63) is 0 Å². The van der Waals surface area contributed by atoms with Gasteiger partial charge in [0.2, 0.25) is 5.91 Å². The Bertz CT molecular complexity index is 172. The van der Waals surface area contributed by atoms with E-state index in [9.17, 15) is 9.90 Å². The van der Waals surface area contributed by atoms with E-state index in [2.05, 4.69) is 0 Å². The van der Waals surface area contributed by atoms with E-state index in [0.29, 0.717) is 19.6 Å². The van der Waals surface area contributed by atoms with Gasteiger partial charge in [0.25, 0.3) is 0 Å². The fraction of sp³-hybridized carbons (Fsp3) is 0.875. The summed E-state index contributed by atoms with van der Waals surface area (Å²) < 4.78 is 4.95. The topological polar surface area (TPSA) is 49.8 Å². The highest BCUT2D eigenvalue weighted by atomic mass is 16.5. The molecule has 1 fully saturated rings. The predicted molar refractivity (Wildman–Crippen MR) is 43.7 cm³/mol. The Kier molecular flexibility index (Phi) is 3.05. The van der Waals surface area contributed by atoms with Gasteiger partial charge < -0.3 is 14.7 Å². The van der Waals surface area contributed by atoms with Crippen molar-refractivity contribution in [3.8, 4) is 0 Å². The number of β-amino-alcohol motifs (C(OH)–C–C–N with tert-alkyl or cyclic N) is 1. The molecule has 0 aromatic carbocycles. The summed E-state index contributed by atoms with van der Waals surface area (Å²) in [5.74, 6) is 0.00796. The maximum Gasteiger partial charge on any atom is 0.219 e. The number of methoxy groups -OCH3 is 1. The zero-order valence-corrected chi connectivity index (χ0v) is 7.49. The molecule has 0 aliphatic carbocycles. The minimum absolute atomic E-state index is 0.00796. The van der Waals surface area contributed by atoms with Crippen molar-refractivity contribution in [1.29, 1.82) is 0 Å². The second-order valence-electron chi connectivity index (χ2n) is 3.17. The lowest BCUT2D eigenvalue weighted by molar-refractivity contribution is -0.130. The molecule has 0 saturated carbocycles. The normalized spacial score (nSPS) is 29.4. The summed E-state index contributed by atoms with van der Waals surface area (Å²) in [4.78, 5) is 12.7. The Morgan fingerprint density at radius 1 is 1.75 bits per heavy atom. The second-order valence-corrected chi connectivity index (χ2v) is 3.17. The van der Waals surface area contributed by atoms with Crippen LogP contribution in [0, 0.1) is 0 Å². The first-order chi connectivity index (χ1) is 5.65. The second kappa shape index (κ2) is 3.87. The van der Waals surface area contributed by atoms with Crippen LogP contribution < -0.4 is 0 Å². The Labute approximate surface area is 72.1 Å². The number of rotatable bonds is 2. The van der Waals surface area contributed by atoms with Gasteiger partial charge in [0, 0.05) is 20.6 Å². The number of ether oxygens (including phenoxy) is 1. The zero-order chi connectivity index (χ0) is 9.14. The number of carbonyl (C=O) groups excluding carboxylic acids is 1. The molecular formula is C8H15NO3. The molecule has 0 radical (unpaired) electrons. The summed E-state index contributed by atoms with van der Waals surface area (Å²) >= 11 is 0. The van der Waals surface area contributed by atoms with Gasteiger partial charge in [0.05, 0.1) is 18.8 Å². The average molecular weight is 173 g/mol. The first-order valence-electron chi connectivity index (χ1n) is 4.09. The summed E-state index contributed by atoms with van der Waals surface area (Å²) in [7, 11) is 1.60. The molecule has 1 amide bonds. The van der Waals surface area contributed by atoms with Gasteiger partial charge in [-0.15, -0.1) is 0 Å². The molecule has 70 valence electrons. The number of nitrogens with zero attached hydrogens (tertiary/aromatic N) is 1. The number of hydrogen-bond acceptors (Lipinski definition) is 3. The van der Waals surface area contributed by atoms with Gasteiger partial charge in [0.1, 0.15) is 0 Å². The number of aliphatic hydroxyl groups excluding tert-OH is 1. The van der Waals surface area contributed by atoms with Crippen molar-refractivity contribution in [1.82, 2.24) is 4.90 Å². The zero-order valence-electron chi connectivity index (χ0n) is 7.49. The van der Waals surface area contributed by atoms with Crippen molar-refractivity contribution < 1.29 is 14.6 Å². The fourth-order valence-corrected chi connectivity index (χ4v) is 1.63. The molecule has 1 saturated heterocycles. The third kappa shape index (κ3) is 1.95. The quantitative estimate of drug-likeness (QED) is 0.619. The van der Waals surface area contributed by atoms with Crippen LogP contribution in [0.4, 0.5) is 0 Å². The molecular weight excluding hydrogens is 158 g/mol. The summed E-state index contributed by atoms with van der Waals surface area (Å²) in [5, 5.41) is 9.30. The van der Waals surface area contributed by atoms with E-state index in [0.717, 1.165) is 0 Å². The molecule has 0 spiro atoms. The van der Waals surface area contributed by atoms with E-state index in [4.69, 9.17) is 4.74 Å². The van der Waals surface area contributed by atoms with Crippen LogP contribution in [0.5, 0.6) is 0 Å². The number of aliphatic hydroxyl groups is 1. The molecule has 1 N–H and O–H groups in total. The lowest BCUT2D eigenvalue weighted by atomic mass is 10.2. The minimum atomic E-state index is -0.381. The standard InChI is InChI=1S/C8H15NO3/c1-6(10)9-4-8(11)3-7(9)5-12-2/h7-8,11H,3-5H2,1-2H3. The Hall–Kier alpha value is -0.610. The van der Waals surface area contributed by atoms with Gasteiger partial charge in [-0.1, -0.05) is 0 Å². The van der Waals surface area contributed by atoms with Crippen molar-refractivity contribution in [2.45, 2.75) is 25.5 Å². The van der Waals surface area contributed by atoms with Gasteiger partial charge >= 0.3 is 0 Å². The monoisotopic (exact) mass is 173 g/mol. The van der Waals surface area contributed by atoms with Gasteiger partial charge in [-0.05, 0) is 6.42 Å². The lowest BCUT2D eigenvalue weighted by Gasteiger charge is -2.21. The lowest BCUT2D eigenvalue weighted by Crippen LogP contribution is -2.36. The van der Waals surface area contributed by atoms with Crippen LogP contribution in [0.3, 0.4) is 0 Å². The minimum Gasteiger partial charge on any atom is -0.391 e. The van der Waals surface area contributed by atoms with E-state index in [1.807, 2.05) is 0 Å². The summed E-state index contributed by atoms with van der Waals surface area (Å²) in [6, 6.07) is 0.0579. The molecule has 1 aliphatic rings. The third-order valence-electron chi connectivity index (χ3n) is 2.16. The molecule has 12 heavy (non-hydrogen) atoms. The van der Waals surface area contributed by atoms with Crippen LogP contribution in [-0.4, -0.2) is 48.3 Å². The van der Waals surface area contributed by atoms with E-state index < -0.39 is 0 Å². The van der Waals surface area contributed by atoms with Crippen molar-refractivity contribution in [2.24, 2.45) is 0 Å². The van der Waals surface area contributed by atoms with E-state index in [-0.39, 0.29) is 18.1 Å². The van der Waals surface area contributed by atoms with Crippen molar-refractivity contribution in [3.63, 3.8) is 0 Å². The predicted octanol–water partition coefficient (Wildman–Crippen LogP) is -0.385. The highest BCUT2D eigenvalue weighted by Crippen LogP contribution is 2.17. The maximum atomic E-state index is 11.0. The SMILES string of the molecule is COCC1CC(O)CN1C(C)=O. The van der Waals surface area contributed by atoms with Crippen LogP contribution in [0.25, 0.3) is 0 Å². The maximum absolute atomic E-state index is 11.0. The number of likely N-dealkylation sites (tertiary alicyclic amines) is 1. The summed E-state index contributed by atoms with van der Waals surface area (Å²) in [6.45, 7) is 2.47. The summed E-state index contributed by atoms with van der Waals surface area (Å²) in [5.41, 5.74) is 0. The third-order valence-corrected chi connectivity index (χ3v) is 2.16. The number of amides is 1. The van der Waals surface area contributed by atoms with Crippen LogP contribution in [0.15, 0.2) is 0 Å². The molecule has 0 aromatic heterocycles. The van der Waals surface area contributed by atoms with E-state index in [1.54, 1.807) is 12.0 Å². The van der Waals surface area contributed by atoms with E-state index >= 15 is 0 Å². The van der Waals surface area contributed by atoms with Gasteiger partial charge in [-0.2, -0.15) is 0 Å². The van der Waals surface area contributed by atoms with Crippen LogP contribution in [0.2, 0.25) is 0 Å². The first kappa shape index (κ1) is 9.48. The Balaban J connectivity index is 2.53. The first-order valence-corrected chi connectivity index (χ1v) is 4.09. The van der Waals surface area contributed by atoms with Gasteiger partial charge in [0.15, 0.2) is 0 Å². The molecule has 2 atom stereocenters. The smallest absolute Gasteiger partial charge is 0.219 e. The van der Waals surface area contributed by atoms with Gasteiger partial charge in [-0.25, -0.2) is 0 Å². The van der Waals surface area contributed by atoms with Crippen molar-refractivity contribution in [2.75, 3.05) is 20.3 Å². The molecule has 1 heterocycles. The Morgan fingerprint density at radius 3 is 2.92 bits per heavy atom. The van der Waals surface area contributed by atoms with E-state index in [1.165, 1.54) is 6.92 Å². The average Bonchev–Trinajstić information content (AvgIpc) is 2.32.